The van der Waals surface area contributed by atoms with Gasteiger partial charge in [-0.05, 0) is 29.7 Å². The van der Waals surface area contributed by atoms with E-state index in [0.717, 1.165) is 43.5 Å². The van der Waals surface area contributed by atoms with Crippen LogP contribution >= 0.6 is 11.6 Å². The first kappa shape index (κ1) is 13.7. The molecule has 4 heteroatoms. The van der Waals surface area contributed by atoms with E-state index in [4.69, 9.17) is 16.3 Å². The van der Waals surface area contributed by atoms with Gasteiger partial charge in [-0.15, -0.1) is 0 Å². The Morgan fingerprint density at radius 2 is 2.11 bits per heavy atom. The van der Waals surface area contributed by atoms with E-state index < -0.39 is 0 Å². The fraction of sp³-hybridized carbons (Fsp3) is 0.571. The Morgan fingerprint density at radius 1 is 1.39 bits per heavy atom. The minimum absolute atomic E-state index is 0.428. The van der Waals surface area contributed by atoms with Crippen molar-refractivity contribution in [3.05, 3.63) is 28.8 Å². The summed E-state index contributed by atoms with van der Waals surface area (Å²) in [5.74, 6) is 1.36. The SMILES string of the molecule is COc1ccc(Cl)cc1C(C)CN1CCNCC1. The number of hydrogen-bond acceptors (Lipinski definition) is 3. The Bertz CT molecular complexity index is 391. The van der Waals surface area contributed by atoms with Crippen LogP contribution in [0.4, 0.5) is 0 Å². The number of nitrogens with zero attached hydrogens (tertiary/aromatic N) is 1. The molecule has 1 saturated heterocycles. The van der Waals surface area contributed by atoms with Gasteiger partial charge in [0.25, 0.3) is 0 Å². The molecular formula is C14H21ClN2O. The smallest absolute Gasteiger partial charge is 0.122 e. The number of ether oxygens (including phenoxy) is 1. The number of rotatable bonds is 4. The normalized spacial score (nSPS) is 18.6. The standard InChI is InChI=1S/C14H21ClN2O/c1-11(10-17-7-5-16-6-8-17)13-9-12(15)3-4-14(13)18-2/h3-4,9,11,16H,5-8,10H2,1-2H3. The third-order valence-corrected chi connectivity index (χ3v) is 3.70. The maximum absolute atomic E-state index is 6.08. The minimum atomic E-state index is 0.428. The van der Waals surface area contributed by atoms with E-state index in [1.54, 1.807) is 7.11 Å². The van der Waals surface area contributed by atoms with Gasteiger partial charge in [0.2, 0.25) is 0 Å². The molecule has 1 unspecified atom stereocenters. The van der Waals surface area contributed by atoms with Crippen LogP contribution in [0, 0.1) is 0 Å². The van der Waals surface area contributed by atoms with Crippen molar-refractivity contribution < 1.29 is 4.74 Å². The van der Waals surface area contributed by atoms with Gasteiger partial charge in [0.05, 0.1) is 7.11 Å². The second-order valence-electron chi connectivity index (χ2n) is 4.84. The van der Waals surface area contributed by atoms with Crippen LogP contribution in [-0.2, 0) is 0 Å². The van der Waals surface area contributed by atoms with E-state index in [1.165, 1.54) is 5.56 Å². The summed E-state index contributed by atoms with van der Waals surface area (Å²) in [6.45, 7) is 7.69. The third-order valence-electron chi connectivity index (χ3n) is 3.46. The molecule has 0 saturated carbocycles. The molecule has 3 nitrogen and oxygen atoms in total. The maximum atomic E-state index is 6.08. The van der Waals surface area contributed by atoms with E-state index in [1.807, 2.05) is 18.2 Å². The van der Waals surface area contributed by atoms with Crippen LogP contribution in [0.1, 0.15) is 18.4 Å². The molecule has 2 rings (SSSR count). The summed E-state index contributed by atoms with van der Waals surface area (Å²) in [7, 11) is 1.71. The second kappa shape index (κ2) is 6.41. The van der Waals surface area contributed by atoms with Gasteiger partial charge in [0, 0.05) is 37.7 Å². The van der Waals surface area contributed by atoms with Crippen LogP contribution < -0.4 is 10.1 Å². The largest absolute Gasteiger partial charge is 0.496 e. The number of methoxy groups -OCH3 is 1. The molecule has 1 aliphatic rings. The molecule has 0 amide bonds. The molecule has 100 valence electrons. The highest BCUT2D eigenvalue weighted by Crippen LogP contribution is 2.30. The molecule has 0 spiro atoms. The molecule has 0 aromatic heterocycles. The lowest BCUT2D eigenvalue weighted by Gasteiger charge is -2.30. The predicted octanol–water partition coefficient (Wildman–Crippen LogP) is 2.36. The first-order chi connectivity index (χ1) is 8.70. The lowest BCUT2D eigenvalue weighted by atomic mass is 9.99. The number of nitrogens with one attached hydrogen (secondary N) is 1. The summed E-state index contributed by atoms with van der Waals surface area (Å²) < 4.78 is 5.42. The van der Waals surface area contributed by atoms with E-state index >= 15 is 0 Å². The average Bonchev–Trinajstić information content (AvgIpc) is 2.40. The van der Waals surface area contributed by atoms with Crippen molar-refractivity contribution in [2.24, 2.45) is 0 Å². The molecule has 0 aliphatic carbocycles. The highest BCUT2D eigenvalue weighted by molar-refractivity contribution is 6.30. The summed E-state index contributed by atoms with van der Waals surface area (Å²) in [5, 5.41) is 4.15. The summed E-state index contributed by atoms with van der Waals surface area (Å²) in [6.07, 6.45) is 0. The maximum Gasteiger partial charge on any atom is 0.122 e. The monoisotopic (exact) mass is 268 g/mol. The molecule has 1 heterocycles. The van der Waals surface area contributed by atoms with Crippen LogP contribution in [0.2, 0.25) is 5.02 Å². The predicted molar refractivity (Wildman–Crippen MR) is 75.7 cm³/mol. The lowest BCUT2D eigenvalue weighted by Crippen LogP contribution is -2.44. The molecule has 18 heavy (non-hydrogen) atoms. The van der Waals surface area contributed by atoms with Gasteiger partial charge >= 0.3 is 0 Å². The number of halogens is 1. The molecule has 1 fully saturated rings. The van der Waals surface area contributed by atoms with Gasteiger partial charge in [-0.25, -0.2) is 0 Å². The highest BCUT2D eigenvalue weighted by atomic mass is 35.5. The highest BCUT2D eigenvalue weighted by Gasteiger charge is 2.17. The molecule has 0 bridgehead atoms. The average molecular weight is 269 g/mol. The Hall–Kier alpha value is -0.770. The Kier molecular flexibility index (Phi) is 4.87. The van der Waals surface area contributed by atoms with Gasteiger partial charge < -0.3 is 15.0 Å². The number of hydrogen-bond donors (Lipinski definition) is 1. The summed E-state index contributed by atoms with van der Waals surface area (Å²) in [4.78, 5) is 2.49. The molecule has 0 radical (unpaired) electrons. The molecular weight excluding hydrogens is 248 g/mol. The zero-order valence-corrected chi connectivity index (χ0v) is 11.8. The van der Waals surface area contributed by atoms with Gasteiger partial charge in [-0.2, -0.15) is 0 Å². The summed E-state index contributed by atoms with van der Waals surface area (Å²) >= 11 is 6.08. The Labute approximate surface area is 114 Å². The Balaban J connectivity index is 2.07. The van der Waals surface area contributed by atoms with Crippen molar-refractivity contribution in [3.63, 3.8) is 0 Å². The van der Waals surface area contributed by atoms with Crippen molar-refractivity contribution >= 4 is 11.6 Å². The molecule has 1 aromatic rings. The number of piperazine rings is 1. The fourth-order valence-electron chi connectivity index (χ4n) is 2.47. The van der Waals surface area contributed by atoms with Crippen molar-refractivity contribution in [2.75, 3.05) is 39.8 Å². The zero-order valence-electron chi connectivity index (χ0n) is 11.1. The quantitative estimate of drug-likeness (QED) is 0.907. The van der Waals surface area contributed by atoms with Gasteiger partial charge in [0.15, 0.2) is 0 Å². The summed E-state index contributed by atoms with van der Waals surface area (Å²) in [5.41, 5.74) is 1.20. The second-order valence-corrected chi connectivity index (χ2v) is 5.27. The first-order valence-corrected chi connectivity index (χ1v) is 6.85. The molecule has 1 atom stereocenters. The van der Waals surface area contributed by atoms with E-state index in [2.05, 4.69) is 17.1 Å². The van der Waals surface area contributed by atoms with Crippen LogP contribution in [-0.4, -0.2) is 44.7 Å². The van der Waals surface area contributed by atoms with E-state index in [0.29, 0.717) is 5.92 Å². The lowest BCUT2D eigenvalue weighted by molar-refractivity contribution is 0.229. The first-order valence-electron chi connectivity index (χ1n) is 6.47. The van der Waals surface area contributed by atoms with Crippen molar-refractivity contribution in [1.29, 1.82) is 0 Å². The van der Waals surface area contributed by atoms with Crippen molar-refractivity contribution in [1.82, 2.24) is 10.2 Å². The minimum Gasteiger partial charge on any atom is -0.496 e. The van der Waals surface area contributed by atoms with E-state index in [9.17, 15) is 0 Å². The molecule has 1 aromatic carbocycles. The van der Waals surface area contributed by atoms with Crippen LogP contribution in [0.5, 0.6) is 5.75 Å². The van der Waals surface area contributed by atoms with Gasteiger partial charge in [-0.3, -0.25) is 0 Å². The zero-order chi connectivity index (χ0) is 13.0. The van der Waals surface area contributed by atoms with Gasteiger partial charge in [-0.1, -0.05) is 18.5 Å². The van der Waals surface area contributed by atoms with Crippen LogP contribution in [0.15, 0.2) is 18.2 Å². The van der Waals surface area contributed by atoms with Crippen LogP contribution in [0.3, 0.4) is 0 Å². The van der Waals surface area contributed by atoms with Gasteiger partial charge in [0.1, 0.15) is 5.75 Å². The van der Waals surface area contributed by atoms with Crippen molar-refractivity contribution in [2.45, 2.75) is 12.8 Å². The molecule has 1 N–H and O–H groups in total. The third kappa shape index (κ3) is 3.37. The summed E-state index contributed by atoms with van der Waals surface area (Å²) in [6, 6.07) is 5.85. The topological polar surface area (TPSA) is 24.5 Å². The Morgan fingerprint density at radius 3 is 2.78 bits per heavy atom. The number of benzene rings is 1. The fourth-order valence-corrected chi connectivity index (χ4v) is 2.65. The van der Waals surface area contributed by atoms with Crippen LogP contribution in [0.25, 0.3) is 0 Å². The van der Waals surface area contributed by atoms with Crippen molar-refractivity contribution in [3.8, 4) is 5.75 Å². The van der Waals surface area contributed by atoms with E-state index in [-0.39, 0.29) is 0 Å². The molecule has 1 aliphatic heterocycles.